The van der Waals surface area contributed by atoms with Crippen LogP contribution >= 0.6 is 0 Å². The van der Waals surface area contributed by atoms with Gasteiger partial charge in [0.15, 0.2) is 0 Å². The normalized spacial score (nSPS) is 14.2. The van der Waals surface area contributed by atoms with E-state index >= 15 is 0 Å². The molecule has 1 N–H and O–H groups in total. The molecule has 150 valence electrons. The molecule has 0 spiro atoms. The van der Waals surface area contributed by atoms with Crippen LogP contribution in [0.2, 0.25) is 0 Å². The maximum atomic E-state index is 13.1. The molecular formula is C21H23F3N2O2. The van der Waals surface area contributed by atoms with Crippen molar-refractivity contribution in [3.63, 3.8) is 0 Å². The van der Waals surface area contributed by atoms with Gasteiger partial charge in [0.05, 0.1) is 24.0 Å². The predicted molar refractivity (Wildman–Crippen MR) is 103 cm³/mol. The number of ether oxygens (including phenoxy) is 1. The van der Waals surface area contributed by atoms with Crippen molar-refractivity contribution in [1.29, 1.82) is 0 Å². The van der Waals surface area contributed by atoms with Gasteiger partial charge in [0.25, 0.3) is 0 Å². The molecular weight excluding hydrogens is 369 g/mol. The number of rotatable bonds is 6. The zero-order valence-corrected chi connectivity index (χ0v) is 15.7. The Labute approximate surface area is 162 Å². The van der Waals surface area contributed by atoms with Crippen molar-refractivity contribution in [2.45, 2.75) is 31.9 Å². The van der Waals surface area contributed by atoms with E-state index in [4.69, 9.17) is 4.74 Å². The lowest BCUT2D eigenvalue weighted by atomic mass is 10.1. The van der Waals surface area contributed by atoms with E-state index < -0.39 is 11.7 Å². The zero-order valence-electron chi connectivity index (χ0n) is 15.7. The van der Waals surface area contributed by atoms with Gasteiger partial charge in [-0.3, -0.25) is 4.79 Å². The van der Waals surface area contributed by atoms with Gasteiger partial charge in [0, 0.05) is 19.5 Å². The highest BCUT2D eigenvalue weighted by Crippen LogP contribution is 2.36. The molecule has 28 heavy (non-hydrogen) atoms. The van der Waals surface area contributed by atoms with Crippen LogP contribution in [0.5, 0.6) is 5.75 Å². The van der Waals surface area contributed by atoms with Gasteiger partial charge >= 0.3 is 6.18 Å². The lowest BCUT2D eigenvalue weighted by Gasteiger charge is -2.23. The third-order valence-electron chi connectivity index (χ3n) is 4.82. The predicted octanol–water partition coefficient (Wildman–Crippen LogP) is 4.89. The number of carbonyl (C=O) groups is 1. The van der Waals surface area contributed by atoms with E-state index in [0.29, 0.717) is 17.9 Å². The number of aryl methyl sites for hydroxylation is 1. The fraction of sp³-hybridized carbons (Fsp3) is 0.381. The molecule has 1 amide bonds. The summed E-state index contributed by atoms with van der Waals surface area (Å²) in [4.78, 5) is 14.4. The minimum atomic E-state index is -4.45. The summed E-state index contributed by atoms with van der Waals surface area (Å²) in [5, 5.41) is 2.69. The van der Waals surface area contributed by atoms with Crippen LogP contribution in [0.4, 0.5) is 24.5 Å². The molecule has 2 aromatic rings. The fourth-order valence-corrected chi connectivity index (χ4v) is 3.34. The number of methoxy groups -OCH3 is 1. The maximum absolute atomic E-state index is 13.1. The number of alkyl halides is 3. The van der Waals surface area contributed by atoms with Gasteiger partial charge in [0.1, 0.15) is 5.75 Å². The van der Waals surface area contributed by atoms with Crippen molar-refractivity contribution in [3.8, 4) is 5.75 Å². The van der Waals surface area contributed by atoms with E-state index in [9.17, 15) is 18.0 Å². The Morgan fingerprint density at radius 3 is 2.57 bits per heavy atom. The van der Waals surface area contributed by atoms with E-state index in [-0.39, 0.29) is 18.0 Å². The summed E-state index contributed by atoms with van der Waals surface area (Å²) < 4.78 is 44.5. The molecule has 0 aliphatic carbocycles. The van der Waals surface area contributed by atoms with E-state index in [0.717, 1.165) is 43.6 Å². The Hall–Kier alpha value is -2.70. The molecule has 4 nitrogen and oxygen atoms in total. The number of hydrogen-bond acceptors (Lipinski definition) is 3. The second-order valence-electron chi connectivity index (χ2n) is 6.82. The summed E-state index contributed by atoms with van der Waals surface area (Å²) in [6, 6.07) is 10.9. The topological polar surface area (TPSA) is 41.6 Å². The Morgan fingerprint density at radius 2 is 1.89 bits per heavy atom. The molecule has 1 heterocycles. The highest BCUT2D eigenvalue weighted by molar-refractivity contribution is 5.94. The maximum Gasteiger partial charge on any atom is 0.416 e. The van der Waals surface area contributed by atoms with Gasteiger partial charge in [-0.25, -0.2) is 0 Å². The Kier molecular flexibility index (Phi) is 6.11. The minimum absolute atomic E-state index is 0.169. The van der Waals surface area contributed by atoms with Gasteiger partial charge in [-0.2, -0.15) is 13.2 Å². The summed E-state index contributed by atoms with van der Waals surface area (Å²) in [6.07, 6.45) is -1.83. The lowest BCUT2D eigenvalue weighted by molar-refractivity contribution is -0.137. The SMILES string of the molecule is COc1cccc(CCC(=O)Nc2cc(C(F)(F)F)ccc2N2CCCC2)c1. The van der Waals surface area contributed by atoms with Crippen molar-refractivity contribution in [2.24, 2.45) is 0 Å². The van der Waals surface area contributed by atoms with Crippen LogP contribution in [0, 0.1) is 0 Å². The van der Waals surface area contributed by atoms with E-state index in [2.05, 4.69) is 5.32 Å². The Bertz CT molecular complexity index is 831. The largest absolute Gasteiger partial charge is 0.497 e. The van der Waals surface area contributed by atoms with E-state index in [1.165, 1.54) is 6.07 Å². The first kappa shape index (κ1) is 20.0. The van der Waals surface area contributed by atoms with Crippen molar-refractivity contribution in [3.05, 3.63) is 53.6 Å². The van der Waals surface area contributed by atoms with Crippen LogP contribution in [0.15, 0.2) is 42.5 Å². The Balaban J connectivity index is 1.74. The molecule has 1 aliphatic rings. The van der Waals surface area contributed by atoms with Crippen molar-refractivity contribution in [2.75, 3.05) is 30.4 Å². The monoisotopic (exact) mass is 392 g/mol. The molecule has 2 aromatic carbocycles. The first-order valence-corrected chi connectivity index (χ1v) is 9.26. The highest BCUT2D eigenvalue weighted by Gasteiger charge is 2.32. The molecule has 1 aliphatic heterocycles. The van der Waals surface area contributed by atoms with E-state index in [1.807, 2.05) is 29.2 Å². The second kappa shape index (κ2) is 8.54. The second-order valence-corrected chi connectivity index (χ2v) is 6.82. The number of amides is 1. The number of anilines is 2. The number of nitrogens with zero attached hydrogens (tertiary/aromatic N) is 1. The quantitative estimate of drug-likeness (QED) is 0.761. The first-order chi connectivity index (χ1) is 13.4. The van der Waals surface area contributed by atoms with Gasteiger partial charge in [-0.1, -0.05) is 12.1 Å². The van der Waals surface area contributed by atoms with Gasteiger partial charge in [-0.15, -0.1) is 0 Å². The van der Waals surface area contributed by atoms with Crippen molar-refractivity contribution in [1.82, 2.24) is 0 Å². The standard InChI is InChI=1S/C21H23F3N2O2/c1-28-17-6-4-5-15(13-17)7-10-20(27)25-18-14-16(21(22,23)24)8-9-19(18)26-11-2-3-12-26/h4-6,8-9,13-14H,2-3,7,10-12H2,1H3,(H,25,27). The zero-order chi connectivity index (χ0) is 20.1. The average molecular weight is 392 g/mol. The van der Waals surface area contributed by atoms with Gasteiger partial charge < -0.3 is 15.0 Å². The third kappa shape index (κ3) is 4.97. The molecule has 3 rings (SSSR count). The van der Waals surface area contributed by atoms with Crippen LogP contribution in [0.25, 0.3) is 0 Å². The van der Waals surface area contributed by atoms with Gasteiger partial charge in [0.2, 0.25) is 5.91 Å². The average Bonchev–Trinajstić information content (AvgIpc) is 3.20. The molecule has 0 saturated carbocycles. The van der Waals surface area contributed by atoms with Crippen molar-refractivity contribution < 1.29 is 22.7 Å². The molecule has 0 atom stereocenters. The number of carbonyl (C=O) groups excluding carboxylic acids is 1. The number of benzene rings is 2. The minimum Gasteiger partial charge on any atom is -0.497 e. The lowest BCUT2D eigenvalue weighted by Crippen LogP contribution is -2.22. The summed E-state index contributed by atoms with van der Waals surface area (Å²) in [5.41, 5.74) is 1.02. The van der Waals surface area contributed by atoms with Crippen molar-refractivity contribution >= 4 is 17.3 Å². The highest BCUT2D eigenvalue weighted by atomic mass is 19.4. The number of halogens is 3. The first-order valence-electron chi connectivity index (χ1n) is 9.26. The molecule has 0 bridgehead atoms. The van der Waals surface area contributed by atoms with Crippen LogP contribution in [0.1, 0.15) is 30.4 Å². The molecule has 0 unspecified atom stereocenters. The molecule has 0 aromatic heterocycles. The summed E-state index contributed by atoms with van der Waals surface area (Å²) in [5.74, 6) is 0.384. The molecule has 0 radical (unpaired) electrons. The summed E-state index contributed by atoms with van der Waals surface area (Å²) in [6.45, 7) is 1.55. The fourth-order valence-electron chi connectivity index (χ4n) is 3.34. The van der Waals surface area contributed by atoms with E-state index in [1.54, 1.807) is 7.11 Å². The third-order valence-corrected chi connectivity index (χ3v) is 4.82. The van der Waals surface area contributed by atoms with Crippen LogP contribution in [0.3, 0.4) is 0 Å². The van der Waals surface area contributed by atoms with Crippen LogP contribution < -0.4 is 15.0 Å². The number of hydrogen-bond donors (Lipinski definition) is 1. The molecule has 1 fully saturated rings. The molecule has 7 heteroatoms. The Morgan fingerprint density at radius 1 is 1.14 bits per heavy atom. The van der Waals surface area contributed by atoms with Crippen LogP contribution in [-0.2, 0) is 17.4 Å². The number of nitrogens with one attached hydrogen (secondary N) is 1. The van der Waals surface area contributed by atoms with Crippen LogP contribution in [-0.4, -0.2) is 26.1 Å². The smallest absolute Gasteiger partial charge is 0.416 e. The van der Waals surface area contributed by atoms with Gasteiger partial charge in [-0.05, 0) is 55.2 Å². The summed E-state index contributed by atoms with van der Waals surface area (Å²) >= 11 is 0. The molecule has 1 saturated heterocycles. The summed E-state index contributed by atoms with van der Waals surface area (Å²) in [7, 11) is 1.57.